The average molecular weight is 382 g/mol. The van der Waals surface area contributed by atoms with Crippen LogP contribution in [0.1, 0.15) is 12.5 Å². The van der Waals surface area contributed by atoms with E-state index < -0.39 is 17.2 Å². The first-order valence-corrected chi connectivity index (χ1v) is 8.67. The zero-order chi connectivity index (χ0) is 19.7. The second-order valence-corrected chi connectivity index (χ2v) is 6.16. The van der Waals surface area contributed by atoms with Gasteiger partial charge in [-0.2, -0.15) is 0 Å². The van der Waals surface area contributed by atoms with Crippen LogP contribution in [-0.4, -0.2) is 26.1 Å². The van der Waals surface area contributed by atoms with Crippen LogP contribution in [0, 0.1) is 11.6 Å². The van der Waals surface area contributed by atoms with E-state index in [-0.39, 0.29) is 22.6 Å². The summed E-state index contributed by atoms with van der Waals surface area (Å²) in [5.74, 6) is -0.645. The number of ether oxygens (including phenoxy) is 1. The standard InChI is InChI=1S/C20H16F2N4O2/c1-2-28-14-5-3-4-12(8-14)10-26-11-23-19-17(26)20(27)25-18(24-19)15-9-13(21)6-7-16(15)22/h3-9,11H,2,10H2,1H3,(H,24,25,27). The molecule has 6 nitrogen and oxygen atoms in total. The van der Waals surface area contributed by atoms with Crippen LogP contribution < -0.4 is 10.3 Å². The summed E-state index contributed by atoms with van der Waals surface area (Å²) in [5, 5.41) is 0. The first kappa shape index (κ1) is 17.8. The van der Waals surface area contributed by atoms with E-state index in [1.165, 1.54) is 6.33 Å². The molecule has 142 valence electrons. The molecule has 2 heterocycles. The molecule has 0 fully saturated rings. The van der Waals surface area contributed by atoms with Gasteiger partial charge in [-0.15, -0.1) is 0 Å². The maximum atomic E-state index is 14.0. The van der Waals surface area contributed by atoms with Gasteiger partial charge in [-0.25, -0.2) is 18.7 Å². The Morgan fingerprint density at radius 1 is 1.18 bits per heavy atom. The fraction of sp³-hybridized carbons (Fsp3) is 0.150. The predicted octanol–water partition coefficient (Wildman–Crippen LogP) is 3.51. The van der Waals surface area contributed by atoms with Crippen molar-refractivity contribution in [2.24, 2.45) is 0 Å². The van der Waals surface area contributed by atoms with E-state index in [9.17, 15) is 13.6 Å². The number of aromatic nitrogens is 4. The molecular weight excluding hydrogens is 366 g/mol. The molecule has 0 saturated carbocycles. The maximum Gasteiger partial charge on any atom is 0.277 e. The molecular formula is C20H16F2N4O2. The van der Waals surface area contributed by atoms with Crippen LogP contribution in [0.25, 0.3) is 22.6 Å². The van der Waals surface area contributed by atoms with E-state index in [0.29, 0.717) is 13.2 Å². The van der Waals surface area contributed by atoms with E-state index in [1.807, 2.05) is 31.2 Å². The summed E-state index contributed by atoms with van der Waals surface area (Å²) >= 11 is 0. The average Bonchev–Trinajstić information content (AvgIpc) is 3.07. The third-order valence-corrected chi connectivity index (χ3v) is 4.23. The first-order chi connectivity index (χ1) is 13.5. The van der Waals surface area contributed by atoms with Gasteiger partial charge >= 0.3 is 0 Å². The minimum atomic E-state index is -0.684. The van der Waals surface area contributed by atoms with Gasteiger partial charge in [-0.1, -0.05) is 12.1 Å². The van der Waals surface area contributed by atoms with Crippen molar-refractivity contribution in [1.82, 2.24) is 19.5 Å². The Morgan fingerprint density at radius 2 is 2.04 bits per heavy atom. The van der Waals surface area contributed by atoms with Gasteiger partial charge < -0.3 is 14.3 Å². The number of nitrogens with one attached hydrogen (secondary N) is 1. The molecule has 2 aromatic carbocycles. The van der Waals surface area contributed by atoms with E-state index in [4.69, 9.17) is 4.74 Å². The van der Waals surface area contributed by atoms with Gasteiger partial charge in [0.05, 0.1) is 18.5 Å². The third kappa shape index (κ3) is 3.36. The molecule has 0 aliphatic rings. The van der Waals surface area contributed by atoms with Crippen molar-refractivity contribution >= 4 is 11.2 Å². The topological polar surface area (TPSA) is 72.8 Å². The number of halogens is 2. The number of H-pyrrole nitrogens is 1. The summed E-state index contributed by atoms with van der Waals surface area (Å²) in [5.41, 5.74) is 0.718. The highest BCUT2D eigenvalue weighted by Gasteiger charge is 2.15. The molecule has 0 spiro atoms. The van der Waals surface area contributed by atoms with Crippen molar-refractivity contribution in [3.63, 3.8) is 0 Å². The van der Waals surface area contributed by atoms with Crippen molar-refractivity contribution < 1.29 is 13.5 Å². The minimum Gasteiger partial charge on any atom is -0.494 e. The van der Waals surface area contributed by atoms with Crippen molar-refractivity contribution in [2.45, 2.75) is 13.5 Å². The smallest absolute Gasteiger partial charge is 0.277 e. The highest BCUT2D eigenvalue weighted by molar-refractivity contribution is 5.73. The van der Waals surface area contributed by atoms with Gasteiger partial charge in [-0.3, -0.25) is 4.79 Å². The Hall–Kier alpha value is -3.55. The lowest BCUT2D eigenvalue weighted by molar-refractivity contribution is 0.340. The molecule has 0 amide bonds. The Kier molecular flexibility index (Phi) is 4.60. The second-order valence-electron chi connectivity index (χ2n) is 6.16. The molecule has 4 rings (SSSR count). The van der Waals surface area contributed by atoms with E-state index in [2.05, 4.69) is 15.0 Å². The number of rotatable bonds is 5. The van der Waals surface area contributed by atoms with Crippen LogP contribution in [0.15, 0.2) is 53.6 Å². The predicted molar refractivity (Wildman–Crippen MR) is 100 cm³/mol. The Bertz CT molecular complexity index is 1220. The van der Waals surface area contributed by atoms with Gasteiger partial charge in [0.1, 0.15) is 23.2 Å². The number of benzene rings is 2. The summed E-state index contributed by atoms with van der Waals surface area (Å²) < 4.78 is 34.6. The Labute approximate surface area is 158 Å². The molecule has 0 aliphatic heterocycles. The minimum absolute atomic E-state index is 0.0712. The monoisotopic (exact) mass is 382 g/mol. The van der Waals surface area contributed by atoms with Crippen molar-refractivity contribution in [2.75, 3.05) is 6.61 Å². The lowest BCUT2D eigenvalue weighted by Crippen LogP contribution is -2.14. The highest BCUT2D eigenvalue weighted by atomic mass is 19.1. The molecule has 8 heteroatoms. The van der Waals surface area contributed by atoms with Crippen LogP contribution in [0.4, 0.5) is 8.78 Å². The number of fused-ring (bicyclic) bond motifs is 1. The van der Waals surface area contributed by atoms with Crippen LogP contribution >= 0.6 is 0 Å². The molecule has 28 heavy (non-hydrogen) atoms. The Morgan fingerprint density at radius 3 is 2.86 bits per heavy atom. The van der Waals surface area contributed by atoms with Crippen LogP contribution in [0.2, 0.25) is 0 Å². The molecule has 0 saturated heterocycles. The van der Waals surface area contributed by atoms with E-state index in [0.717, 1.165) is 29.5 Å². The summed E-state index contributed by atoms with van der Waals surface area (Å²) in [7, 11) is 0. The summed E-state index contributed by atoms with van der Waals surface area (Å²) in [6.07, 6.45) is 1.49. The summed E-state index contributed by atoms with van der Waals surface area (Å²) in [6.45, 7) is 2.84. The lowest BCUT2D eigenvalue weighted by atomic mass is 10.2. The SMILES string of the molecule is CCOc1cccc(Cn2cnc3nc(-c4cc(F)ccc4F)[nH]c(=O)c32)c1. The number of imidazole rings is 1. The van der Waals surface area contributed by atoms with Gasteiger partial charge in [0, 0.05) is 6.54 Å². The molecule has 0 bridgehead atoms. The molecule has 0 unspecified atom stereocenters. The highest BCUT2D eigenvalue weighted by Crippen LogP contribution is 2.21. The maximum absolute atomic E-state index is 14.0. The normalized spacial score (nSPS) is 11.1. The van der Waals surface area contributed by atoms with Crippen molar-refractivity contribution in [1.29, 1.82) is 0 Å². The van der Waals surface area contributed by atoms with Crippen molar-refractivity contribution in [3.05, 3.63) is 76.3 Å². The van der Waals surface area contributed by atoms with E-state index in [1.54, 1.807) is 4.57 Å². The van der Waals surface area contributed by atoms with Gasteiger partial charge in [0.2, 0.25) is 0 Å². The summed E-state index contributed by atoms with van der Waals surface area (Å²) in [6, 6.07) is 10.5. The number of nitrogens with zero attached hydrogens (tertiary/aromatic N) is 3. The van der Waals surface area contributed by atoms with Crippen LogP contribution in [-0.2, 0) is 6.54 Å². The van der Waals surface area contributed by atoms with Gasteiger partial charge in [-0.05, 0) is 42.8 Å². The van der Waals surface area contributed by atoms with Gasteiger partial charge in [0.15, 0.2) is 11.2 Å². The fourth-order valence-corrected chi connectivity index (χ4v) is 3.01. The zero-order valence-corrected chi connectivity index (χ0v) is 14.9. The molecule has 4 aromatic rings. The lowest BCUT2D eigenvalue weighted by Gasteiger charge is -2.08. The van der Waals surface area contributed by atoms with Crippen LogP contribution in [0.3, 0.4) is 0 Å². The van der Waals surface area contributed by atoms with Crippen LogP contribution in [0.5, 0.6) is 5.75 Å². The third-order valence-electron chi connectivity index (χ3n) is 4.23. The van der Waals surface area contributed by atoms with Gasteiger partial charge in [0.25, 0.3) is 5.56 Å². The zero-order valence-electron chi connectivity index (χ0n) is 14.9. The first-order valence-electron chi connectivity index (χ1n) is 8.67. The molecule has 0 radical (unpaired) electrons. The quantitative estimate of drug-likeness (QED) is 0.573. The number of hydrogen-bond acceptors (Lipinski definition) is 4. The van der Waals surface area contributed by atoms with E-state index >= 15 is 0 Å². The van der Waals surface area contributed by atoms with Crippen molar-refractivity contribution in [3.8, 4) is 17.1 Å². The number of hydrogen-bond donors (Lipinski definition) is 1. The Balaban J connectivity index is 1.74. The molecule has 1 N–H and O–H groups in total. The summed E-state index contributed by atoms with van der Waals surface area (Å²) in [4.78, 5) is 23.5. The second kappa shape index (κ2) is 7.22. The number of aromatic amines is 1. The fourth-order valence-electron chi connectivity index (χ4n) is 3.01. The largest absolute Gasteiger partial charge is 0.494 e. The molecule has 2 aromatic heterocycles. The molecule has 0 aliphatic carbocycles. The molecule has 0 atom stereocenters.